The Labute approximate surface area is 187 Å². The maximum atomic E-state index is 10.4. The molecule has 0 aliphatic carbocycles. The summed E-state index contributed by atoms with van der Waals surface area (Å²) >= 11 is 1.51. The first-order chi connectivity index (χ1) is 15.7. The normalized spacial score (nSPS) is 11.6. The smallest absolute Gasteiger partial charge is 0.218 e. The van der Waals surface area contributed by atoms with Gasteiger partial charge in [-0.15, -0.1) is 21.6 Å². The highest BCUT2D eigenvalue weighted by Crippen LogP contribution is 2.41. The number of methoxy groups -OCH3 is 1. The van der Waals surface area contributed by atoms with Gasteiger partial charge in [0.05, 0.1) is 24.6 Å². The fourth-order valence-electron chi connectivity index (χ4n) is 3.52. The molecule has 0 amide bonds. The summed E-state index contributed by atoms with van der Waals surface area (Å²) in [5.41, 5.74) is 3.02. The Hall–Kier alpha value is -3.98. The Kier molecular flexibility index (Phi) is 5.16. The molecule has 0 radical (unpaired) electrons. The van der Waals surface area contributed by atoms with Crippen LogP contribution < -0.4 is 9.47 Å². The minimum Gasteiger partial charge on any atom is -0.497 e. The molecule has 0 saturated heterocycles. The van der Waals surface area contributed by atoms with Crippen molar-refractivity contribution in [1.82, 2.24) is 15.0 Å². The van der Waals surface area contributed by atoms with E-state index < -0.39 is 0 Å². The van der Waals surface area contributed by atoms with E-state index in [9.17, 15) is 5.11 Å². The maximum absolute atomic E-state index is 10.4. The molecule has 2 aromatic carbocycles. The van der Waals surface area contributed by atoms with E-state index in [4.69, 9.17) is 9.47 Å². The van der Waals surface area contributed by atoms with Gasteiger partial charge < -0.3 is 19.6 Å². The topological polar surface area (TPSA) is 105 Å². The number of azo groups is 1. The molecular weight excluding hydrogens is 426 g/mol. The number of aromatic nitrogens is 3. The lowest BCUT2D eigenvalue weighted by atomic mass is 10.1. The van der Waals surface area contributed by atoms with Gasteiger partial charge in [0.15, 0.2) is 11.5 Å². The van der Waals surface area contributed by atoms with Gasteiger partial charge in [0.2, 0.25) is 5.88 Å². The molecule has 0 saturated carbocycles. The molecule has 0 atom stereocenters. The van der Waals surface area contributed by atoms with Crippen LogP contribution in [0.4, 0.5) is 11.5 Å². The second-order valence-corrected chi connectivity index (χ2v) is 7.78. The van der Waals surface area contributed by atoms with Crippen LogP contribution in [0, 0.1) is 0 Å². The monoisotopic (exact) mass is 445 g/mol. The lowest BCUT2D eigenvalue weighted by Gasteiger charge is -2.03. The minimum absolute atomic E-state index is 0.0663. The molecule has 8 nitrogen and oxygen atoms in total. The van der Waals surface area contributed by atoms with Crippen LogP contribution in [0.25, 0.3) is 32.2 Å². The van der Waals surface area contributed by atoms with Crippen LogP contribution in [0.5, 0.6) is 17.4 Å². The molecule has 0 aliphatic heterocycles. The Morgan fingerprint density at radius 2 is 1.88 bits per heavy atom. The maximum Gasteiger partial charge on any atom is 0.218 e. The highest BCUT2D eigenvalue weighted by atomic mass is 32.1. The van der Waals surface area contributed by atoms with Crippen molar-refractivity contribution in [1.29, 1.82) is 0 Å². The summed E-state index contributed by atoms with van der Waals surface area (Å²) in [6, 6.07) is 13.3. The molecule has 9 heteroatoms. The summed E-state index contributed by atoms with van der Waals surface area (Å²) in [5, 5.41) is 22.7. The zero-order chi connectivity index (χ0) is 22.1. The quantitative estimate of drug-likeness (QED) is 0.296. The molecule has 0 spiro atoms. The number of benzene rings is 2. The summed E-state index contributed by atoms with van der Waals surface area (Å²) in [6.45, 7) is 2.48. The first-order valence-electron chi connectivity index (χ1n) is 9.93. The molecule has 0 aliphatic rings. The summed E-state index contributed by atoms with van der Waals surface area (Å²) in [5.74, 6) is 1.86. The third kappa shape index (κ3) is 3.52. The largest absolute Gasteiger partial charge is 0.497 e. The van der Waals surface area contributed by atoms with E-state index in [1.165, 1.54) is 17.7 Å². The number of ether oxygens (including phenoxy) is 2. The van der Waals surface area contributed by atoms with Gasteiger partial charge in [-0.1, -0.05) is 12.1 Å². The van der Waals surface area contributed by atoms with Crippen molar-refractivity contribution in [3.05, 3.63) is 54.2 Å². The van der Waals surface area contributed by atoms with Gasteiger partial charge in [-0.25, -0.2) is 9.97 Å². The Morgan fingerprint density at radius 3 is 2.66 bits per heavy atom. The van der Waals surface area contributed by atoms with Crippen molar-refractivity contribution in [2.45, 2.75) is 6.92 Å². The number of H-pyrrole nitrogens is 1. The van der Waals surface area contributed by atoms with Crippen LogP contribution in [0.1, 0.15) is 6.92 Å². The third-order valence-corrected chi connectivity index (χ3v) is 5.92. The van der Waals surface area contributed by atoms with E-state index in [-0.39, 0.29) is 5.88 Å². The summed E-state index contributed by atoms with van der Waals surface area (Å²) in [6.07, 6.45) is 1.47. The number of thiophene rings is 1. The molecule has 3 heterocycles. The Morgan fingerprint density at radius 1 is 1.06 bits per heavy atom. The van der Waals surface area contributed by atoms with Crippen LogP contribution in [0.2, 0.25) is 0 Å². The van der Waals surface area contributed by atoms with E-state index in [1.807, 2.05) is 54.8 Å². The summed E-state index contributed by atoms with van der Waals surface area (Å²) < 4.78 is 10.8. The van der Waals surface area contributed by atoms with Crippen LogP contribution in [0.3, 0.4) is 0 Å². The number of aromatic amines is 1. The van der Waals surface area contributed by atoms with Crippen molar-refractivity contribution in [2.75, 3.05) is 13.7 Å². The SMILES string of the molecule is CCOc1ccc2c(N=Nc3ncnc4scc(-c5ccc(OC)cc5)c34)c(O)[nH]c2c1. The zero-order valence-electron chi connectivity index (χ0n) is 17.4. The molecular formula is C23H19N5O3S. The molecule has 3 aromatic heterocycles. The molecule has 160 valence electrons. The second kappa shape index (κ2) is 8.27. The zero-order valence-corrected chi connectivity index (χ0v) is 18.2. The van der Waals surface area contributed by atoms with Gasteiger partial charge in [-0.2, -0.15) is 0 Å². The molecule has 32 heavy (non-hydrogen) atoms. The molecule has 0 fully saturated rings. The minimum atomic E-state index is -0.0663. The number of fused-ring (bicyclic) bond motifs is 2. The van der Waals surface area contributed by atoms with Crippen molar-refractivity contribution in [2.24, 2.45) is 10.2 Å². The standard InChI is InChI=1S/C23H19N5O3S/c1-3-31-15-8-9-16-18(10-15)26-22(29)20(16)27-28-21-19-17(11-32-23(19)25-12-24-21)13-4-6-14(30-2)7-5-13/h4-12,26,29H,3H2,1-2H3. The molecule has 5 rings (SSSR count). The van der Waals surface area contributed by atoms with Gasteiger partial charge in [0.1, 0.15) is 22.7 Å². The van der Waals surface area contributed by atoms with Crippen molar-refractivity contribution in [3.8, 4) is 28.5 Å². The fourth-order valence-corrected chi connectivity index (χ4v) is 4.43. The molecule has 0 unspecified atom stereocenters. The van der Waals surface area contributed by atoms with E-state index in [2.05, 4.69) is 25.2 Å². The van der Waals surface area contributed by atoms with Crippen molar-refractivity contribution < 1.29 is 14.6 Å². The number of aromatic hydroxyl groups is 1. The first kappa shape index (κ1) is 20.0. The van der Waals surface area contributed by atoms with Crippen LogP contribution in [0.15, 0.2) is 64.4 Å². The lowest BCUT2D eigenvalue weighted by Crippen LogP contribution is -1.90. The van der Waals surface area contributed by atoms with Crippen molar-refractivity contribution >= 4 is 44.0 Å². The average Bonchev–Trinajstić information content (AvgIpc) is 3.38. The van der Waals surface area contributed by atoms with E-state index in [0.717, 1.165) is 32.5 Å². The van der Waals surface area contributed by atoms with E-state index in [0.29, 0.717) is 29.4 Å². The van der Waals surface area contributed by atoms with E-state index >= 15 is 0 Å². The third-order valence-electron chi connectivity index (χ3n) is 5.03. The van der Waals surface area contributed by atoms with Gasteiger partial charge >= 0.3 is 0 Å². The van der Waals surface area contributed by atoms with Gasteiger partial charge in [-0.3, -0.25) is 0 Å². The number of rotatable bonds is 6. The number of hydrogen-bond acceptors (Lipinski definition) is 8. The van der Waals surface area contributed by atoms with Crippen molar-refractivity contribution in [3.63, 3.8) is 0 Å². The van der Waals surface area contributed by atoms with Crippen LogP contribution in [-0.2, 0) is 0 Å². The number of hydrogen-bond donors (Lipinski definition) is 2. The average molecular weight is 446 g/mol. The van der Waals surface area contributed by atoms with Crippen LogP contribution in [-0.4, -0.2) is 33.8 Å². The molecule has 0 bridgehead atoms. The Balaban J connectivity index is 1.57. The fraction of sp³-hybridized carbons (Fsp3) is 0.130. The molecule has 2 N–H and O–H groups in total. The number of nitrogens with zero attached hydrogens (tertiary/aromatic N) is 4. The van der Waals surface area contributed by atoms with Crippen LogP contribution >= 0.6 is 11.3 Å². The lowest BCUT2D eigenvalue weighted by molar-refractivity contribution is 0.340. The second-order valence-electron chi connectivity index (χ2n) is 6.92. The molecule has 5 aromatic rings. The first-order valence-corrected chi connectivity index (χ1v) is 10.8. The van der Waals surface area contributed by atoms with Gasteiger partial charge in [0, 0.05) is 22.4 Å². The van der Waals surface area contributed by atoms with Gasteiger partial charge in [-0.05, 0) is 36.8 Å². The Bertz CT molecular complexity index is 1440. The predicted octanol–water partition coefficient (Wildman–Crippen LogP) is 6.37. The van der Waals surface area contributed by atoms with Gasteiger partial charge in [0.25, 0.3) is 0 Å². The highest BCUT2D eigenvalue weighted by molar-refractivity contribution is 7.17. The summed E-state index contributed by atoms with van der Waals surface area (Å²) in [7, 11) is 1.64. The highest BCUT2D eigenvalue weighted by Gasteiger charge is 2.15. The van der Waals surface area contributed by atoms with E-state index in [1.54, 1.807) is 7.11 Å². The number of nitrogens with one attached hydrogen (secondary N) is 1. The summed E-state index contributed by atoms with van der Waals surface area (Å²) in [4.78, 5) is 12.4. The predicted molar refractivity (Wildman–Crippen MR) is 125 cm³/mol.